The summed E-state index contributed by atoms with van der Waals surface area (Å²) in [5.41, 5.74) is 7.48. The van der Waals surface area contributed by atoms with Gasteiger partial charge in [0.1, 0.15) is 6.07 Å². The van der Waals surface area contributed by atoms with Crippen LogP contribution in [0.2, 0.25) is 0 Å². The van der Waals surface area contributed by atoms with E-state index in [0.29, 0.717) is 17.3 Å². The molecule has 0 aliphatic heterocycles. The Morgan fingerprint density at radius 1 is 1.42 bits per heavy atom. The molecule has 4 heteroatoms. The van der Waals surface area contributed by atoms with Gasteiger partial charge in [-0.2, -0.15) is 5.26 Å². The summed E-state index contributed by atoms with van der Waals surface area (Å²) in [5.74, 6) is 6.32. The summed E-state index contributed by atoms with van der Waals surface area (Å²) in [4.78, 5) is 4.52. The second kappa shape index (κ2) is 4.38. The summed E-state index contributed by atoms with van der Waals surface area (Å²) >= 11 is 0. The summed E-state index contributed by atoms with van der Waals surface area (Å²) in [5, 5.41) is 9.13. The van der Waals surface area contributed by atoms with Gasteiger partial charge in [0.2, 0.25) is 0 Å². The van der Waals surface area contributed by atoms with Crippen LogP contribution in [-0.4, -0.2) is 4.98 Å². The van der Waals surface area contributed by atoms with Gasteiger partial charge in [-0.25, -0.2) is 10.8 Å². The normalized spacial score (nSPS) is 16.2. The van der Waals surface area contributed by atoms with Crippen molar-refractivity contribution in [2.75, 3.05) is 5.43 Å². The molecule has 1 aromatic heterocycles. The van der Waals surface area contributed by atoms with Crippen LogP contribution in [0.15, 0.2) is 30.3 Å². The Bertz CT molecular complexity index is 685. The van der Waals surface area contributed by atoms with Gasteiger partial charge in [-0.05, 0) is 29.5 Å². The number of nitrogens with two attached hydrogens (primary N) is 1. The summed E-state index contributed by atoms with van der Waals surface area (Å²) in [6, 6.07) is 12.3. The van der Waals surface area contributed by atoms with E-state index in [2.05, 4.69) is 35.5 Å². The smallest absolute Gasteiger partial charge is 0.158 e. The maximum Gasteiger partial charge on any atom is 0.158 e. The minimum Gasteiger partial charge on any atom is -0.307 e. The van der Waals surface area contributed by atoms with Crippen molar-refractivity contribution in [2.24, 2.45) is 5.84 Å². The predicted molar refractivity (Wildman–Crippen MR) is 74.3 cm³/mol. The molecule has 1 aliphatic carbocycles. The molecule has 19 heavy (non-hydrogen) atoms. The van der Waals surface area contributed by atoms with Crippen LogP contribution in [-0.2, 0) is 6.42 Å². The Morgan fingerprint density at radius 2 is 2.21 bits per heavy atom. The van der Waals surface area contributed by atoms with Crippen LogP contribution >= 0.6 is 0 Å². The average Bonchev–Trinajstić information content (AvgIpc) is 2.46. The zero-order valence-electron chi connectivity index (χ0n) is 10.6. The van der Waals surface area contributed by atoms with Crippen LogP contribution in [0, 0.1) is 11.3 Å². The molecule has 1 unspecified atom stereocenters. The molecular formula is C15H14N4. The van der Waals surface area contributed by atoms with Crippen molar-refractivity contribution in [3.8, 4) is 17.3 Å². The highest BCUT2D eigenvalue weighted by atomic mass is 15.3. The molecule has 1 heterocycles. The lowest BCUT2D eigenvalue weighted by atomic mass is 9.81. The number of fused-ring (bicyclic) bond motifs is 3. The van der Waals surface area contributed by atoms with Gasteiger partial charge < -0.3 is 5.43 Å². The van der Waals surface area contributed by atoms with Crippen LogP contribution in [0.3, 0.4) is 0 Å². The molecule has 3 N–H and O–H groups in total. The molecule has 0 fully saturated rings. The molecule has 1 atom stereocenters. The van der Waals surface area contributed by atoms with Gasteiger partial charge in [0.25, 0.3) is 0 Å². The summed E-state index contributed by atoms with van der Waals surface area (Å²) in [6.45, 7) is 2.20. The molecule has 3 rings (SSSR count). The number of aromatic nitrogens is 1. The summed E-state index contributed by atoms with van der Waals surface area (Å²) in [7, 11) is 0. The number of nitrogens with zero attached hydrogens (tertiary/aromatic N) is 2. The number of nitrogen functional groups attached to an aromatic ring is 1. The first-order valence-corrected chi connectivity index (χ1v) is 6.24. The lowest BCUT2D eigenvalue weighted by Gasteiger charge is -2.25. The third-order valence-corrected chi connectivity index (χ3v) is 3.63. The molecule has 1 aliphatic rings. The molecule has 1 aromatic carbocycles. The first-order chi connectivity index (χ1) is 9.24. The Kier molecular flexibility index (Phi) is 2.69. The highest BCUT2D eigenvalue weighted by molar-refractivity contribution is 5.73. The molecule has 0 saturated heterocycles. The van der Waals surface area contributed by atoms with Crippen molar-refractivity contribution in [2.45, 2.75) is 19.3 Å². The van der Waals surface area contributed by atoms with Gasteiger partial charge in [0.15, 0.2) is 5.82 Å². The van der Waals surface area contributed by atoms with Crippen molar-refractivity contribution in [3.63, 3.8) is 0 Å². The van der Waals surface area contributed by atoms with Gasteiger partial charge in [0, 0.05) is 5.56 Å². The number of nitrogens with one attached hydrogen (secondary N) is 1. The lowest BCUT2D eigenvalue weighted by Crippen LogP contribution is -2.15. The molecular weight excluding hydrogens is 236 g/mol. The van der Waals surface area contributed by atoms with E-state index in [1.807, 2.05) is 18.2 Å². The molecule has 2 aromatic rings. The Labute approximate surface area is 111 Å². The average molecular weight is 250 g/mol. The van der Waals surface area contributed by atoms with Crippen LogP contribution in [0.25, 0.3) is 11.3 Å². The summed E-state index contributed by atoms with van der Waals surface area (Å²) in [6.07, 6.45) is 0.902. The number of hydrogen-bond acceptors (Lipinski definition) is 4. The lowest BCUT2D eigenvalue weighted by molar-refractivity contribution is 0.744. The third-order valence-electron chi connectivity index (χ3n) is 3.63. The van der Waals surface area contributed by atoms with Crippen molar-refractivity contribution in [3.05, 3.63) is 47.0 Å². The number of anilines is 1. The van der Waals surface area contributed by atoms with Crippen LogP contribution in [0.4, 0.5) is 5.82 Å². The molecule has 0 bridgehead atoms. The highest BCUT2D eigenvalue weighted by Crippen LogP contribution is 2.39. The van der Waals surface area contributed by atoms with Crippen LogP contribution < -0.4 is 11.3 Å². The number of hydrazine groups is 1. The minimum atomic E-state index is 0.436. The molecule has 4 nitrogen and oxygen atoms in total. The zero-order valence-corrected chi connectivity index (χ0v) is 10.6. The second-order valence-electron chi connectivity index (χ2n) is 4.84. The quantitative estimate of drug-likeness (QED) is 0.602. The Morgan fingerprint density at radius 3 is 2.95 bits per heavy atom. The topological polar surface area (TPSA) is 74.7 Å². The maximum atomic E-state index is 9.13. The van der Waals surface area contributed by atoms with Crippen LogP contribution in [0.5, 0.6) is 0 Å². The van der Waals surface area contributed by atoms with Gasteiger partial charge >= 0.3 is 0 Å². The van der Waals surface area contributed by atoms with Crippen molar-refractivity contribution >= 4 is 5.82 Å². The van der Waals surface area contributed by atoms with E-state index in [1.165, 1.54) is 5.56 Å². The molecule has 0 amide bonds. The highest BCUT2D eigenvalue weighted by Gasteiger charge is 2.24. The van der Waals surface area contributed by atoms with Crippen LogP contribution in [0.1, 0.15) is 29.5 Å². The number of hydrogen-bond donors (Lipinski definition) is 2. The number of rotatable bonds is 1. The van der Waals surface area contributed by atoms with Gasteiger partial charge in [-0.3, -0.25) is 0 Å². The fraction of sp³-hybridized carbons (Fsp3) is 0.200. The third kappa shape index (κ3) is 1.76. The van der Waals surface area contributed by atoms with Crippen molar-refractivity contribution in [1.29, 1.82) is 5.26 Å². The fourth-order valence-corrected chi connectivity index (χ4v) is 2.72. The fourth-order valence-electron chi connectivity index (χ4n) is 2.72. The first kappa shape index (κ1) is 11.7. The Balaban J connectivity index is 2.27. The van der Waals surface area contributed by atoms with E-state index >= 15 is 0 Å². The number of benzene rings is 1. The van der Waals surface area contributed by atoms with E-state index < -0.39 is 0 Å². The molecule has 94 valence electrons. The largest absolute Gasteiger partial charge is 0.307 e. The van der Waals surface area contributed by atoms with Gasteiger partial charge in [0.05, 0.1) is 11.3 Å². The monoisotopic (exact) mass is 250 g/mol. The SMILES string of the molecule is CC1Cc2cc(C#N)c(NN)nc2-c2ccccc21. The van der Waals surface area contributed by atoms with Crippen molar-refractivity contribution in [1.82, 2.24) is 4.98 Å². The predicted octanol–water partition coefficient (Wildman–Crippen LogP) is 2.57. The Hall–Kier alpha value is -2.38. The first-order valence-electron chi connectivity index (χ1n) is 6.24. The van der Waals surface area contributed by atoms with E-state index in [9.17, 15) is 0 Å². The summed E-state index contributed by atoms with van der Waals surface area (Å²) < 4.78 is 0. The van der Waals surface area contributed by atoms with E-state index in [-0.39, 0.29) is 0 Å². The van der Waals surface area contributed by atoms with E-state index in [1.54, 1.807) is 0 Å². The standard InChI is InChI=1S/C15H14N4/c1-9-6-10-7-11(8-16)15(19-17)18-14(10)13-5-3-2-4-12(9)13/h2-5,7,9H,6,17H2,1H3,(H,18,19). The molecule has 0 saturated carbocycles. The molecule has 0 radical (unpaired) electrons. The van der Waals surface area contributed by atoms with Gasteiger partial charge in [-0.1, -0.05) is 31.2 Å². The van der Waals surface area contributed by atoms with E-state index in [4.69, 9.17) is 11.1 Å². The minimum absolute atomic E-state index is 0.436. The molecule has 0 spiro atoms. The number of nitriles is 1. The zero-order chi connectivity index (χ0) is 13.4. The van der Waals surface area contributed by atoms with Crippen molar-refractivity contribution < 1.29 is 0 Å². The number of pyridine rings is 1. The van der Waals surface area contributed by atoms with Gasteiger partial charge in [-0.15, -0.1) is 0 Å². The second-order valence-corrected chi connectivity index (χ2v) is 4.84. The maximum absolute atomic E-state index is 9.13. The van der Waals surface area contributed by atoms with E-state index in [0.717, 1.165) is 23.2 Å².